The molecule has 1 aromatic carbocycles. The van der Waals surface area contributed by atoms with Crippen molar-refractivity contribution >= 4 is 0 Å². The molecule has 0 saturated carbocycles. The first-order valence-electron chi connectivity index (χ1n) is 3.43. The molecule has 1 heterocycles. The van der Waals surface area contributed by atoms with Crippen LogP contribution in [-0.4, -0.2) is 10.2 Å². The molecule has 0 bridgehead atoms. The normalized spacial score (nSPS) is 9.82. The summed E-state index contributed by atoms with van der Waals surface area (Å²) in [6.45, 7) is 0. The summed E-state index contributed by atoms with van der Waals surface area (Å²) in [5.74, 6) is 0. The average molecular weight is 143 g/mol. The Hall–Kier alpha value is -1.57. The SMILES string of the molecule is [c]1cccc(-c2cc[nH]n2)c1. The fraction of sp³-hybridized carbons (Fsp3) is 0. The van der Waals surface area contributed by atoms with Crippen molar-refractivity contribution in [3.05, 3.63) is 42.6 Å². The number of rotatable bonds is 1. The molecule has 0 aliphatic rings. The van der Waals surface area contributed by atoms with E-state index < -0.39 is 0 Å². The number of hydrogen-bond donors (Lipinski definition) is 1. The first-order chi connectivity index (χ1) is 5.47. The molecule has 1 N–H and O–H groups in total. The number of H-pyrrole nitrogens is 1. The maximum absolute atomic E-state index is 4.04. The van der Waals surface area contributed by atoms with Crippen LogP contribution in [0.15, 0.2) is 36.5 Å². The fourth-order valence-corrected chi connectivity index (χ4v) is 0.974. The molecule has 0 aliphatic carbocycles. The van der Waals surface area contributed by atoms with E-state index in [1.165, 1.54) is 0 Å². The van der Waals surface area contributed by atoms with E-state index >= 15 is 0 Å². The molecule has 53 valence electrons. The molecule has 0 fully saturated rings. The minimum Gasteiger partial charge on any atom is -0.285 e. The first kappa shape index (κ1) is 6.16. The molecule has 0 atom stereocenters. The molecule has 1 radical (unpaired) electrons. The van der Waals surface area contributed by atoms with Crippen LogP contribution in [0.5, 0.6) is 0 Å². The van der Waals surface area contributed by atoms with E-state index in [4.69, 9.17) is 0 Å². The van der Waals surface area contributed by atoms with Crippen molar-refractivity contribution in [2.75, 3.05) is 0 Å². The van der Waals surface area contributed by atoms with E-state index in [1.807, 2.05) is 36.5 Å². The fourth-order valence-electron chi connectivity index (χ4n) is 0.974. The van der Waals surface area contributed by atoms with Crippen molar-refractivity contribution in [1.29, 1.82) is 0 Å². The summed E-state index contributed by atoms with van der Waals surface area (Å²) < 4.78 is 0. The molecule has 0 spiro atoms. The van der Waals surface area contributed by atoms with Crippen LogP contribution < -0.4 is 0 Å². The highest BCUT2D eigenvalue weighted by Gasteiger charge is 1.95. The molecule has 2 rings (SSSR count). The predicted molar refractivity (Wildman–Crippen MR) is 42.9 cm³/mol. The maximum Gasteiger partial charge on any atom is 0.0920 e. The van der Waals surface area contributed by atoms with Crippen molar-refractivity contribution in [2.24, 2.45) is 0 Å². The molecule has 0 amide bonds. The summed E-state index contributed by atoms with van der Waals surface area (Å²) in [6, 6.07) is 12.7. The molecular weight excluding hydrogens is 136 g/mol. The highest BCUT2D eigenvalue weighted by atomic mass is 15.1. The lowest BCUT2D eigenvalue weighted by molar-refractivity contribution is 1.10. The van der Waals surface area contributed by atoms with Crippen LogP contribution >= 0.6 is 0 Å². The second-order valence-corrected chi connectivity index (χ2v) is 2.25. The number of hydrogen-bond acceptors (Lipinski definition) is 1. The number of nitrogens with zero attached hydrogens (tertiary/aromatic N) is 1. The third-order valence-corrected chi connectivity index (χ3v) is 1.50. The Labute approximate surface area is 64.9 Å². The van der Waals surface area contributed by atoms with Gasteiger partial charge in [0.2, 0.25) is 0 Å². The van der Waals surface area contributed by atoms with E-state index in [9.17, 15) is 0 Å². The third-order valence-electron chi connectivity index (χ3n) is 1.50. The van der Waals surface area contributed by atoms with Gasteiger partial charge in [-0.2, -0.15) is 5.10 Å². The Morgan fingerprint density at radius 3 is 3.00 bits per heavy atom. The van der Waals surface area contributed by atoms with Crippen molar-refractivity contribution < 1.29 is 0 Å². The van der Waals surface area contributed by atoms with Crippen molar-refractivity contribution in [1.82, 2.24) is 10.2 Å². The summed E-state index contributed by atoms with van der Waals surface area (Å²) in [4.78, 5) is 0. The van der Waals surface area contributed by atoms with Crippen LogP contribution in [0.1, 0.15) is 0 Å². The second kappa shape index (κ2) is 2.58. The number of aromatic nitrogens is 2. The van der Waals surface area contributed by atoms with E-state index in [0.29, 0.717) is 0 Å². The summed E-state index contributed by atoms with van der Waals surface area (Å²) >= 11 is 0. The number of nitrogens with one attached hydrogen (secondary N) is 1. The largest absolute Gasteiger partial charge is 0.285 e. The monoisotopic (exact) mass is 143 g/mol. The minimum absolute atomic E-state index is 0.960. The van der Waals surface area contributed by atoms with Gasteiger partial charge >= 0.3 is 0 Å². The molecule has 0 saturated heterocycles. The number of aromatic amines is 1. The van der Waals surface area contributed by atoms with Crippen molar-refractivity contribution in [3.8, 4) is 11.3 Å². The van der Waals surface area contributed by atoms with Gasteiger partial charge in [-0.05, 0) is 18.2 Å². The molecule has 0 unspecified atom stereocenters. The van der Waals surface area contributed by atoms with Gasteiger partial charge in [0.15, 0.2) is 0 Å². The van der Waals surface area contributed by atoms with E-state index in [-0.39, 0.29) is 0 Å². The van der Waals surface area contributed by atoms with Crippen molar-refractivity contribution in [3.63, 3.8) is 0 Å². The Bertz CT molecular complexity index is 311. The lowest BCUT2D eigenvalue weighted by Gasteiger charge is -1.91. The van der Waals surface area contributed by atoms with Crippen LogP contribution in [0.25, 0.3) is 11.3 Å². The highest BCUT2D eigenvalue weighted by Crippen LogP contribution is 2.13. The second-order valence-electron chi connectivity index (χ2n) is 2.25. The van der Waals surface area contributed by atoms with Gasteiger partial charge in [-0.25, -0.2) is 0 Å². The third kappa shape index (κ3) is 1.15. The molecule has 2 aromatic rings. The summed E-state index contributed by atoms with van der Waals surface area (Å²) in [5.41, 5.74) is 2.05. The zero-order valence-corrected chi connectivity index (χ0v) is 5.91. The smallest absolute Gasteiger partial charge is 0.0920 e. The van der Waals surface area contributed by atoms with Crippen LogP contribution in [0, 0.1) is 6.07 Å². The quantitative estimate of drug-likeness (QED) is 0.648. The Balaban J connectivity index is 2.46. The van der Waals surface area contributed by atoms with Gasteiger partial charge in [0.25, 0.3) is 0 Å². The van der Waals surface area contributed by atoms with Gasteiger partial charge in [0.05, 0.1) is 5.69 Å². The Morgan fingerprint density at radius 2 is 2.36 bits per heavy atom. The Morgan fingerprint density at radius 1 is 1.36 bits per heavy atom. The van der Waals surface area contributed by atoms with Gasteiger partial charge in [0.1, 0.15) is 0 Å². The molecule has 11 heavy (non-hydrogen) atoms. The molecule has 0 aliphatic heterocycles. The molecular formula is C9H7N2. The maximum atomic E-state index is 4.04. The lowest BCUT2D eigenvalue weighted by atomic mass is 10.2. The van der Waals surface area contributed by atoms with Crippen LogP contribution in [0.4, 0.5) is 0 Å². The van der Waals surface area contributed by atoms with E-state index in [2.05, 4.69) is 16.3 Å². The zero-order chi connectivity index (χ0) is 7.52. The summed E-state index contributed by atoms with van der Waals surface area (Å²) in [6.07, 6.45) is 1.81. The summed E-state index contributed by atoms with van der Waals surface area (Å²) in [5, 5.41) is 6.81. The van der Waals surface area contributed by atoms with Crippen molar-refractivity contribution in [2.45, 2.75) is 0 Å². The van der Waals surface area contributed by atoms with Gasteiger partial charge in [-0.1, -0.05) is 18.2 Å². The van der Waals surface area contributed by atoms with Gasteiger partial charge in [-0.3, -0.25) is 5.10 Å². The van der Waals surface area contributed by atoms with E-state index in [0.717, 1.165) is 11.3 Å². The average Bonchev–Trinajstić information content (AvgIpc) is 2.58. The highest BCUT2D eigenvalue weighted by molar-refractivity contribution is 5.57. The molecule has 2 heteroatoms. The van der Waals surface area contributed by atoms with Gasteiger partial charge < -0.3 is 0 Å². The standard InChI is InChI=1S/C9H7N2/c1-2-4-8(5-3-1)9-6-7-10-11-9/h1-2,4-7H,(H,10,11). The van der Waals surface area contributed by atoms with Crippen LogP contribution in [0.3, 0.4) is 0 Å². The van der Waals surface area contributed by atoms with Gasteiger partial charge in [0, 0.05) is 11.8 Å². The van der Waals surface area contributed by atoms with Gasteiger partial charge in [-0.15, -0.1) is 0 Å². The summed E-state index contributed by atoms with van der Waals surface area (Å²) in [7, 11) is 0. The topological polar surface area (TPSA) is 28.7 Å². The zero-order valence-electron chi connectivity index (χ0n) is 5.91. The lowest BCUT2D eigenvalue weighted by Crippen LogP contribution is -1.75. The Kier molecular flexibility index (Phi) is 1.44. The number of benzene rings is 1. The minimum atomic E-state index is 0.960. The molecule has 2 nitrogen and oxygen atoms in total. The molecule has 1 aromatic heterocycles. The van der Waals surface area contributed by atoms with E-state index in [1.54, 1.807) is 0 Å². The first-order valence-corrected chi connectivity index (χ1v) is 3.43. The van der Waals surface area contributed by atoms with Crippen LogP contribution in [0.2, 0.25) is 0 Å². The predicted octanol–water partition coefficient (Wildman–Crippen LogP) is 1.88. The van der Waals surface area contributed by atoms with Crippen LogP contribution in [-0.2, 0) is 0 Å².